The van der Waals surface area contributed by atoms with Gasteiger partial charge in [-0.1, -0.05) is 43.6 Å². The van der Waals surface area contributed by atoms with Crippen molar-refractivity contribution in [1.29, 1.82) is 0 Å². The molecule has 7 nitrogen and oxygen atoms in total. The summed E-state index contributed by atoms with van der Waals surface area (Å²) in [5.41, 5.74) is 1.53. The summed E-state index contributed by atoms with van der Waals surface area (Å²) in [7, 11) is -3.99. The normalized spacial score (nSPS) is 14.3. The summed E-state index contributed by atoms with van der Waals surface area (Å²) in [6, 6.07) is 11.2. The third-order valence-electron chi connectivity index (χ3n) is 4.92. The number of amides is 1. The smallest absolute Gasteiger partial charge is 0.338 e. The van der Waals surface area contributed by atoms with E-state index in [9.17, 15) is 18.0 Å². The topological polar surface area (TPSA) is 92.8 Å². The number of hydrogen-bond donors (Lipinski definition) is 1. The van der Waals surface area contributed by atoms with Crippen molar-refractivity contribution in [2.75, 3.05) is 17.4 Å². The third-order valence-corrected chi connectivity index (χ3v) is 7.21. The number of para-hydroxylation sites is 1. The molecule has 1 aliphatic heterocycles. The molecule has 0 aromatic heterocycles. The molecule has 1 aliphatic rings. The maximum atomic E-state index is 13.3. The number of anilines is 1. The molecule has 1 N–H and O–H groups in total. The van der Waals surface area contributed by atoms with Crippen molar-refractivity contribution in [1.82, 2.24) is 5.32 Å². The number of sulfonamides is 1. The number of nitrogens with one attached hydrogen (secondary N) is 1. The molecule has 1 amide bonds. The Bertz CT molecular complexity index is 1100. The Balaban J connectivity index is 1.82. The summed E-state index contributed by atoms with van der Waals surface area (Å²) >= 11 is 6.20. The van der Waals surface area contributed by atoms with Gasteiger partial charge >= 0.3 is 5.97 Å². The van der Waals surface area contributed by atoms with Gasteiger partial charge in [0, 0.05) is 13.1 Å². The van der Waals surface area contributed by atoms with Crippen LogP contribution in [0.3, 0.4) is 0 Å². The standard InChI is InChI=1S/C22H25ClN2O5S/c1-14(2)13-24-21(26)15(3)30-22(27)17-8-9-18(23)20(12-17)31(28,29)25-11-10-16-6-4-5-7-19(16)25/h4-9,12,14-15H,10-11,13H2,1-3H3,(H,24,26). The van der Waals surface area contributed by atoms with Crippen molar-refractivity contribution in [2.24, 2.45) is 5.92 Å². The van der Waals surface area contributed by atoms with Crippen LogP contribution in [0.25, 0.3) is 0 Å². The molecule has 0 bridgehead atoms. The van der Waals surface area contributed by atoms with Crippen LogP contribution < -0.4 is 9.62 Å². The Kier molecular flexibility index (Phi) is 6.91. The molecule has 3 rings (SSSR count). The van der Waals surface area contributed by atoms with E-state index in [1.807, 2.05) is 26.0 Å². The fourth-order valence-corrected chi connectivity index (χ4v) is 5.24. The predicted octanol–water partition coefficient (Wildman–Crippen LogP) is 3.41. The van der Waals surface area contributed by atoms with Crippen molar-refractivity contribution in [3.05, 3.63) is 58.6 Å². The molecule has 0 saturated heterocycles. The minimum Gasteiger partial charge on any atom is -0.449 e. The number of hydrogen-bond acceptors (Lipinski definition) is 5. The summed E-state index contributed by atoms with van der Waals surface area (Å²) in [6.45, 7) is 6.11. The van der Waals surface area contributed by atoms with Crippen molar-refractivity contribution >= 4 is 39.2 Å². The van der Waals surface area contributed by atoms with Gasteiger partial charge in [-0.15, -0.1) is 0 Å². The molecule has 1 heterocycles. The number of halogens is 1. The van der Waals surface area contributed by atoms with E-state index in [0.29, 0.717) is 25.2 Å². The molecule has 1 unspecified atom stereocenters. The fraction of sp³-hybridized carbons (Fsp3) is 0.364. The third kappa shape index (κ3) is 5.02. The Morgan fingerprint density at radius 3 is 2.58 bits per heavy atom. The average molecular weight is 465 g/mol. The van der Waals surface area contributed by atoms with Crippen LogP contribution in [0.1, 0.15) is 36.7 Å². The Hall–Kier alpha value is -2.58. The highest BCUT2D eigenvalue weighted by Gasteiger charge is 2.33. The Morgan fingerprint density at radius 1 is 1.16 bits per heavy atom. The van der Waals surface area contributed by atoms with E-state index in [2.05, 4.69) is 5.32 Å². The Labute approximate surface area is 187 Å². The monoisotopic (exact) mass is 464 g/mol. The molecule has 1 atom stereocenters. The van der Waals surface area contributed by atoms with Crippen LogP contribution in [-0.2, 0) is 26.0 Å². The van der Waals surface area contributed by atoms with Crippen LogP contribution in [0.5, 0.6) is 0 Å². The van der Waals surface area contributed by atoms with Gasteiger partial charge in [-0.05, 0) is 49.1 Å². The van der Waals surface area contributed by atoms with Gasteiger partial charge < -0.3 is 10.1 Å². The van der Waals surface area contributed by atoms with Gasteiger partial charge in [0.2, 0.25) is 0 Å². The van der Waals surface area contributed by atoms with Crippen molar-refractivity contribution in [3.63, 3.8) is 0 Å². The molecule has 9 heteroatoms. The molecule has 2 aromatic carbocycles. The van der Waals surface area contributed by atoms with E-state index >= 15 is 0 Å². The van der Waals surface area contributed by atoms with Crippen molar-refractivity contribution < 1.29 is 22.7 Å². The SMILES string of the molecule is CC(C)CNC(=O)C(C)OC(=O)c1ccc(Cl)c(S(=O)(=O)N2CCc3ccccc32)c1. The first-order valence-electron chi connectivity index (χ1n) is 10.00. The van der Waals surface area contributed by atoms with E-state index in [1.54, 1.807) is 12.1 Å². The second-order valence-corrected chi connectivity index (χ2v) is 10.0. The van der Waals surface area contributed by atoms with E-state index < -0.39 is 28.0 Å². The highest BCUT2D eigenvalue weighted by molar-refractivity contribution is 7.93. The summed E-state index contributed by atoms with van der Waals surface area (Å²) in [4.78, 5) is 24.4. The number of ether oxygens (including phenoxy) is 1. The number of carbonyl (C=O) groups excluding carboxylic acids is 2. The van der Waals surface area contributed by atoms with Gasteiger partial charge in [-0.2, -0.15) is 0 Å². The van der Waals surface area contributed by atoms with Crippen LogP contribution in [-0.4, -0.2) is 39.5 Å². The van der Waals surface area contributed by atoms with E-state index in [0.717, 1.165) is 5.56 Å². The van der Waals surface area contributed by atoms with E-state index in [-0.39, 0.29) is 21.4 Å². The van der Waals surface area contributed by atoms with E-state index in [1.165, 1.54) is 29.4 Å². The lowest BCUT2D eigenvalue weighted by Gasteiger charge is -2.21. The lowest BCUT2D eigenvalue weighted by atomic mass is 10.2. The zero-order chi connectivity index (χ0) is 22.8. The van der Waals surface area contributed by atoms with Gasteiger partial charge in [-0.25, -0.2) is 13.2 Å². The molecular weight excluding hydrogens is 440 g/mol. The van der Waals surface area contributed by atoms with Crippen LogP contribution >= 0.6 is 11.6 Å². The molecule has 0 radical (unpaired) electrons. The maximum Gasteiger partial charge on any atom is 0.338 e. The zero-order valence-electron chi connectivity index (χ0n) is 17.6. The number of fused-ring (bicyclic) bond motifs is 1. The van der Waals surface area contributed by atoms with Gasteiger partial charge in [0.1, 0.15) is 4.90 Å². The largest absolute Gasteiger partial charge is 0.449 e. The molecule has 0 saturated carbocycles. The lowest BCUT2D eigenvalue weighted by molar-refractivity contribution is -0.129. The quantitative estimate of drug-likeness (QED) is 0.634. The van der Waals surface area contributed by atoms with Crippen LogP contribution in [0.2, 0.25) is 5.02 Å². The zero-order valence-corrected chi connectivity index (χ0v) is 19.2. The second-order valence-electron chi connectivity index (χ2n) is 7.79. The first-order chi connectivity index (χ1) is 14.6. The minimum absolute atomic E-state index is 0.000957. The van der Waals surface area contributed by atoms with Crippen LogP contribution in [0.4, 0.5) is 5.69 Å². The van der Waals surface area contributed by atoms with Gasteiger partial charge in [-0.3, -0.25) is 9.10 Å². The molecule has 31 heavy (non-hydrogen) atoms. The number of rotatable bonds is 7. The highest BCUT2D eigenvalue weighted by Crippen LogP contribution is 2.35. The molecule has 0 fully saturated rings. The average Bonchev–Trinajstić information content (AvgIpc) is 3.17. The molecule has 0 aliphatic carbocycles. The summed E-state index contributed by atoms with van der Waals surface area (Å²) in [5.74, 6) is -0.966. The molecule has 0 spiro atoms. The van der Waals surface area contributed by atoms with E-state index in [4.69, 9.17) is 16.3 Å². The first kappa shape index (κ1) is 23.1. The predicted molar refractivity (Wildman–Crippen MR) is 119 cm³/mol. The van der Waals surface area contributed by atoms with Crippen LogP contribution in [0, 0.1) is 5.92 Å². The molecule has 2 aromatic rings. The summed E-state index contributed by atoms with van der Waals surface area (Å²) in [6.07, 6.45) is -0.426. The van der Waals surface area contributed by atoms with Crippen molar-refractivity contribution in [2.45, 2.75) is 38.2 Å². The fourth-order valence-electron chi connectivity index (χ4n) is 3.23. The second kappa shape index (κ2) is 9.28. The summed E-state index contributed by atoms with van der Waals surface area (Å²) < 4.78 is 33.1. The van der Waals surface area contributed by atoms with Crippen molar-refractivity contribution in [3.8, 4) is 0 Å². The Morgan fingerprint density at radius 2 is 1.87 bits per heavy atom. The summed E-state index contributed by atoms with van der Waals surface area (Å²) in [5, 5.41) is 2.69. The molecule has 166 valence electrons. The number of carbonyl (C=O) groups is 2. The lowest BCUT2D eigenvalue weighted by Crippen LogP contribution is -2.37. The first-order valence-corrected chi connectivity index (χ1v) is 11.8. The number of nitrogens with zero attached hydrogens (tertiary/aromatic N) is 1. The maximum absolute atomic E-state index is 13.3. The van der Waals surface area contributed by atoms with Gasteiger partial charge in [0.05, 0.1) is 16.3 Å². The van der Waals surface area contributed by atoms with Crippen LogP contribution in [0.15, 0.2) is 47.4 Å². The number of benzene rings is 2. The molecular formula is C22H25ClN2O5S. The van der Waals surface area contributed by atoms with Gasteiger partial charge in [0.25, 0.3) is 15.9 Å². The number of esters is 1. The minimum atomic E-state index is -3.99. The highest BCUT2D eigenvalue weighted by atomic mass is 35.5. The van der Waals surface area contributed by atoms with Gasteiger partial charge in [0.15, 0.2) is 6.10 Å².